The number of benzene rings is 1. The van der Waals surface area contributed by atoms with Crippen LogP contribution in [0.3, 0.4) is 0 Å². The topological polar surface area (TPSA) is 74.7 Å². The SMILES string of the molecule is O=C(O)CC1CSCCN1C(=O)CSCC(=O)c1ccccc1. The molecule has 0 spiro atoms. The first-order valence-corrected chi connectivity index (χ1v) is 9.64. The lowest BCUT2D eigenvalue weighted by Gasteiger charge is -2.34. The van der Waals surface area contributed by atoms with Crippen LogP contribution < -0.4 is 0 Å². The van der Waals surface area contributed by atoms with E-state index in [1.54, 1.807) is 28.8 Å². The van der Waals surface area contributed by atoms with Gasteiger partial charge in [0.25, 0.3) is 0 Å². The Morgan fingerprint density at radius 1 is 1.22 bits per heavy atom. The molecule has 1 fully saturated rings. The summed E-state index contributed by atoms with van der Waals surface area (Å²) in [4.78, 5) is 36.8. The molecule has 2 rings (SSSR count). The number of rotatable bonds is 7. The zero-order chi connectivity index (χ0) is 16.7. The van der Waals surface area contributed by atoms with Crippen molar-refractivity contribution in [1.82, 2.24) is 4.90 Å². The molecular formula is C16H19NO4S2. The molecule has 0 bridgehead atoms. The Morgan fingerprint density at radius 3 is 2.65 bits per heavy atom. The number of hydrogen-bond donors (Lipinski definition) is 1. The molecule has 0 aromatic heterocycles. The van der Waals surface area contributed by atoms with E-state index in [1.807, 2.05) is 18.2 Å². The Morgan fingerprint density at radius 2 is 1.96 bits per heavy atom. The van der Waals surface area contributed by atoms with Gasteiger partial charge in [0.15, 0.2) is 5.78 Å². The smallest absolute Gasteiger partial charge is 0.305 e. The third-order valence-electron chi connectivity index (χ3n) is 3.51. The minimum absolute atomic E-state index is 0.000291. The second-order valence-electron chi connectivity index (χ2n) is 5.20. The van der Waals surface area contributed by atoms with Crippen LogP contribution in [0.25, 0.3) is 0 Å². The number of carbonyl (C=O) groups excluding carboxylic acids is 2. The zero-order valence-corrected chi connectivity index (χ0v) is 14.3. The van der Waals surface area contributed by atoms with Crippen molar-refractivity contribution in [2.24, 2.45) is 0 Å². The van der Waals surface area contributed by atoms with Crippen LogP contribution >= 0.6 is 23.5 Å². The van der Waals surface area contributed by atoms with Gasteiger partial charge in [0.2, 0.25) is 5.91 Å². The van der Waals surface area contributed by atoms with Gasteiger partial charge in [-0.1, -0.05) is 30.3 Å². The predicted molar refractivity (Wildman–Crippen MR) is 93.2 cm³/mol. The molecule has 1 heterocycles. The maximum absolute atomic E-state index is 12.3. The van der Waals surface area contributed by atoms with Gasteiger partial charge in [-0.25, -0.2) is 0 Å². The summed E-state index contributed by atoms with van der Waals surface area (Å²) in [7, 11) is 0. The molecule has 1 aliphatic rings. The average molecular weight is 353 g/mol. The second-order valence-corrected chi connectivity index (χ2v) is 7.33. The van der Waals surface area contributed by atoms with Crippen LogP contribution in [0.4, 0.5) is 0 Å². The Hall–Kier alpha value is -1.47. The molecule has 0 aliphatic carbocycles. The fourth-order valence-corrected chi connectivity index (χ4v) is 4.23. The third kappa shape index (κ3) is 5.58. The van der Waals surface area contributed by atoms with Crippen molar-refractivity contribution in [3.63, 3.8) is 0 Å². The lowest BCUT2D eigenvalue weighted by atomic mass is 10.2. The van der Waals surface area contributed by atoms with E-state index in [9.17, 15) is 14.4 Å². The van der Waals surface area contributed by atoms with Crippen LogP contribution in [0.1, 0.15) is 16.8 Å². The maximum Gasteiger partial charge on any atom is 0.305 e. The quantitative estimate of drug-likeness (QED) is 0.756. The fourth-order valence-electron chi connectivity index (χ4n) is 2.38. The van der Waals surface area contributed by atoms with Gasteiger partial charge in [0.05, 0.1) is 24.0 Å². The van der Waals surface area contributed by atoms with E-state index >= 15 is 0 Å². The summed E-state index contributed by atoms with van der Waals surface area (Å²) >= 11 is 2.96. The summed E-state index contributed by atoms with van der Waals surface area (Å²) in [6.07, 6.45) is -0.0215. The molecule has 1 aromatic rings. The largest absolute Gasteiger partial charge is 0.481 e. The van der Waals surface area contributed by atoms with Gasteiger partial charge in [0, 0.05) is 23.6 Å². The van der Waals surface area contributed by atoms with Crippen LogP contribution in [-0.4, -0.2) is 63.3 Å². The first kappa shape index (κ1) is 17.9. The first-order valence-electron chi connectivity index (χ1n) is 7.33. The molecule has 1 aromatic carbocycles. The van der Waals surface area contributed by atoms with Crippen LogP contribution in [-0.2, 0) is 9.59 Å². The predicted octanol–water partition coefficient (Wildman–Crippen LogP) is 2.02. The van der Waals surface area contributed by atoms with Crippen LogP contribution in [0.15, 0.2) is 30.3 Å². The number of thioether (sulfide) groups is 2. The highest BCUT2D eigenvalue weighted by molar-refractivity contribution is 8.00. The van der Waals surface area contributed by atoms with Crippen LogP contribution in [0.2, 0.25) is 0 Å². The van der Waals surface area contributed by atoms with Crippen LogP contribution in [0, 0.1) is 0 Å². The summed E-state index contributed by atoms with van der Waals surface area (Å²) in [6, 6.07) is 8.75. The van der Waals surface area contributed by atoms with E-state index in [1.165, 1.54) is 11.8 Å². The number of carbonyl (C=O) groups is 3. The summed E-state index contributed by atoms with van der Waals surface area (Å²) in [5, 5.41) is 8.94. The maximum atomic E-state index is 12.3. The number of nitrogens with zero attached hydrogens (tertiary/aromatic N) is 1. The van der Waals surface area contributed by atoms with Crippen LogP contribution in [0.5, 0.6) is 0 Å². The molecule has 7 heteroatoms. The van der Waals surface area contributed by atoms with Crippen molar-refractivity contribution >= 4 is 41.2 Å². The molecule has 1 N–H and O–H groups in total. The van der Waals surface area contributed by atoms with Gasteiger partial charge in [-0.05, 0) is 0 Å². The second kappa shape index (κ2) is 8.98. The Labute approximate surface area is 143 Å². The van der Waals surface area contributed by atoms with Crippen molar-refractivity contribution in [3.05, 3.63) is 35.9 Å². The number of amides is 1. The standard InChI is InChI=1S/C16H19NO4S2/c18-14(12-4-2-1-3-5-12)10-23-11-15(19)17-6-7-22-9-13(17)8-16(20)21/h1-5,13H,6-11H2,(H,20,21). The van der Waals surface area contributed by atoms with Crippen molar-refractivity contribution in [2.75, 3.05) is 29.6 Å². The molecule has 1 saturated heterocycles. The highest BCUT2D eigenvalue weighted by Gasteiger charge is 2.28. The van der Waals surface area contributed by atoms with Crippen molar-refractivity contribution < 1.29 is 19.5 Å². The minimum Gasteiger partial charge on any atom is -0.481 e. The Bertz CT molecular complexity index is 564. The summed E-state index contributed by atoms with van der Waals surface area (Å²) < 4.78 is 0. The number of ketones is 1. The zero-order valence-electron chi connectivity index (χ0n) is 12.6. The number of aliphatic carboxylic acids is 1. The van der Waals surface area contributed by atoms with Gasteiger partial charge in [-0.2, -0.15) is 11.8 Å². The van der Waals surface area contributed by atoms with E-state index in [-0.39, 0.29) is 35.7 Å². The van der Waals surface area contributed by atoms with Gasteiger partial charge >= 0.3 is 5.97 Å². The fraction of sp³-hybridized carbons (Fsp3) is 0.438. The lowest BCUT2D eigenvalue weighted by Crippen LogP contribution is -2.47. The monoisotopic (exact) mass is 353 g/mol. The van der Waals surface area contributed by atoms with Gasteiger partial charge in [-0.3, -0.25) is 14.4 Å². The number of carboxylic acids is 1. The van der Waals surface area contributed by atoms with Gasteiger partial charge in [0.1, 0.15) is 0 Å². The molecular weight excluding hydrogens is 334 g/mol. The molecule has 124 valence electrons. The average Bonchev–Trinajstić information content (AvgIpc) is 2.55. The summed E-state index contributed by atoms with van der Waals surface area (Å²) in [5.41, 5.74) is 0.644. The van der Waals surface area contributed by atoms with Crippen molar-refractivity contribution in [3.8, 4) is 0 Å². The number of carboxylic acid groups (broad SMARTS) is 1. The van der Waals surface area contributed by atoms with Crippen molar-refractivity contribution in [1.29, 1.82) is 0 Å². The molecule has 0 radical (unpaired) electrons. The molecule has 23 heavy (non-hydrogen) atoms. The molecule has 1 unspecified atom stereocenters. The molecule has 1 aliphatic heterocycles. The number of Topliss-reactive ketones (excluding diaryl/α,β-unsaturated/α-hetero) is 1. The van der Waals surface area contributed by atoms with E-state index in [2.05, 4.69) is 0 Å². The third-order valence-corrected chi connectivity index (χ3v) is 5.52. The van der Waals surface area contributed by atoms with Crippen molar-refractivity contribution in [2.45, 2.75) is 12.5 Å². The minimum atomic E-state index is -0.887. The number of hydrogen-bond acceptors (Lipinski definition) is 5. The van der Waals surface area contributed by atoms with E-state index in [0.29, 0.717) is 17.9 Å². The lowest BCUT2D eigenvalue weighted by molar-refractivity contribution is -0.139. The normalized spacial score (nSPS) is 17.7. The van der Waals surface area contributed by atoms with Gasteiger partial charge < -0.3 is 10.0 Å². The van der Waals surface area contributed by atoms with E-state index in [4.69, 9.17) is 5.11 Å². The first-order chi connectivity index (χ1) is 11.1. The molecule has 0 saturated carbocycles. The van der Waals surface area contributed by atoms with E-state index in [0.717, 1.165) is 5.75 Å². The summed E-state index contributed by atoms with van der Waals surface area (Å²) in [5.74, 6) is 0.979. The highest BCUT2D eigenvalue weighted by atomic mass is 32.2. The Kier molecular flexibility index (Phi) is 6.98. The highest BCUT2D eigenvalue weighted by Crippen LogP contribution is 2.20. The van der Waals surface area contributed by atoms with E-state index < -0.39 is 5.97 Å². The molecule has 5 nitrogen and oxygen atoms in total. The summed E-state index contributed by atoms with van der Waals surface area (Å²) in [6.45, 7) is 0.578. The van der Waals surface area contributed by atoms with Gasteiger partial charge in [-0.15, -0.1) is 11.8 Å². The molecule has 1 atom stereocenters. The molecule has 1 amide bonds. The Balaban J connectivity index is 1.81.